The molecule has 100 valence electrons. The van der Waals surface area contributed by atoms with Gasteiger partial charge in [0.2, 0.25) is 5.91 Å². The molecule has 1 saturated carbocycles. The van der Waals surface area contributed by atoms with E-state index < -0.39 is 5.54 Å². The summed E-state index contributed by atoms with van der Waals surface area (Å²) in [4.78, 5) is 16.0. The average Bonchev–Trinajstić information content (AvgIpc) is 3.00. The van der Waals surface area contributed by atoms with Gasteiger partial charge in [-0.3, -0.25) is 4.79 Å². The van der Waals surface area contributed by atoms with Crippen molar-refractivity contribution in [3.8, 4) is 0 Å². The van der Waals surface area contributed by atoms with E-state index in [4.69, 9.17) is 5.73 Å². The lowest BCUT2D eigenvalue weighted by atomic mass is 9.98. The molecule has 1 aliphatic carbocycles. The van der Waals surface area contributed by atoms with Crippen LogP contribution in [0, 0.1) is 6.92 Å². The number of nitrogens with one attached hydrogen (secondary N) is 1. The molecule has 1 heterocycles. The molecule has 1 unspecified atom stereocenters. The number of hydrogen-bond acceptors (Lipinski definition) is 5. The molecule has 1 fully saturated rings. The van der Waals surface area contributed by atoms with Crippen LogP contribution >= 0.6 is 23.1 Å². The summed E-state index contributed by atoms with van der Waals surface area (Å²) in [5.41, 5.74) is 5.98. The number of hydrogen-bond donors (Lipinski definition) is 2. The number of aryl methyl sites for hydroxylation is 1. The first kappa shape index (κ1) is 13.8. The smallest absolute Gasteiger partial charge is 0.237 e. The maximum absolute atomic E-state index is 11.6. The van der Waals surface area contributed by atoms with Gasteiger partial charge in [0.25, 0.3) is 0 Å². The summed E-state index contributed by atoms with van der Waals surface area (Å²) in [5.74, 6) is 0.594. The summed E-state index contributed by atoms with van der Waals surface area (Å²) in [7, 11) is 0. The van der Waals surface area contributed by atoms with E-state index in [2.05, 4.69) is 10.3 Å². The first-order valence-electron chi connectivity index (χ1n) is 6.12. The van der Waals surface area contributed by atoms with Crippen molar-refractivity contribution in [3.63, 3.8) is 0 Å². The first-order valence-corrected chi connectivity index (χ1v) is 7.99. The highest BCUT2D eigenvalue weighted by Crippen LogP contribution is 2.28. The number of aromatic nitrogens is 1. The summed E-state index contributed by atoms with van der Waals surface area (Å²) in [6, 6.07) is 0.481. The predicted octanol–water partition coefficient (Wildman–Crippen LogP) is 1.93. The SMILES string of the molecule is Cc1csc(SCCC(C)(NC2CC2)C(N)=O)n1. The molecule has 18 heavy (non-hydrogen) atoms. The van der Waals surface area contributed by atoms with Gasteiger partial charge in [0, 0.05) is 22.9 Å². The molecule has 1 amide bonds. The standard InChI is InChI=1S/C12H19N3OS2/c1-8-7-18-11(14-8)17-6-5-12(2,10(13)16)15-9-3-4-9/h7,9,15H,3-6H2,1-2H3,(H2,13,16). The number of nitrogens with zero attached hydrogens (tertiary/aromatic N) is 1. The van der Waals surface area contributed by atoms with Gasteiger partial charge in [-0.25, -0.2) is 4.98 Å². The number of primary amides is 1. The second-order valence-corrected chi connectivity index (χ2v) is 7.17. The third-order valence-electron chi connectivity index (χ3n) is 3.07. The topological polar surface area (TPSA) is 68.0 Å². The Hall–Kier alpha value is -0.590. The van der Waals surface area contributed by atoms with Crippen LogP contribution in [-0.2, 0) is 4.79 Å². The fraction of sp³-hybridized carbons (Fsp3) is 0.667. The van der Waals surface area contributed by atoms with E-state index in [0.717, 1.165) is 35.0 Å². The van der Waals surface area contributed by atoms with Crippen molar-refractivity contribution in [1.29, 1.82) is 0 Å². The number of amides is 1. The van der Waals surface area contributed by atoms with Crippen molar-refractivity contribution in [1.82, 2.24) is 10.3 Å². The van der Waals surface area contributed by atoms with Crippen molar-refractivity contribution in [3.05, 3.63) is 11.1 Å². The minimum Gasteiger partial charge on any atom is -0.368 e. The first-order chi connectivity index (χ1) is 8.49. The van der Waals surface area contributed by atoms with E-state index in [1.54, 1.807) is 23.1 Å². The van der Waals surface area contributed by atoms with Gasteiger partial charge in [-0.05, 0) is 33.1 Å². The minimum absolute atomic E-state index is 0.259. The maximum Gasteiger partial charge on any atom is 0.237 e. The van der Waals surface area contributed by atoms with E-state index in [1.807, 2.05) is 19.2 Å². The Kier molecular flexibility index (Phi) is 4.29. The molecule has 1 aromatic heterocycles. The van der Waals surface area contributed by atoms with Crippen molar-refractivity contribution < 1.29 is 4.79 Å². The Balaban J connectivity index is 1.83. The van der Waals surface area contributed by atoms with Crippen LogP contribution in [0.2, 0.25) is 0 Å². The molecule has 0 radical (unpaired) electrons. The van der Waals surface area contributed by atoms with Gasteiger partial charge in [0.05, 0.1) is 5.54 Å². The quantitative estimate of drug-likeness (QED) is 0.751. The van der Waals surface area contributed by atoms with Crippen LogP contribution in [-0.4, -0.2) is 28.2 Å². The second-order valence-electron chi connectivity index (χ2n) is 4.97. The predicted molar refractivity (Wildman–Crippen MR) is 75.9 cm³/mol. The van der Waals surface area contributed by atoms with Gasteiger partial charge < -0.3 is 11.1 Å². The van der Waals surface area contributed by atoms with Crippen molar-refractivity contribution in [2.75, 3.05) is 5.75 Å². The van der Waals surface area contributed by atoms with E-state index in [0.29, 0.717) is 6.04 Å². The highest BCUT2D eigenvalue weighted by atomic mass is 32.2. The lowest BCUT2D eigenvalue weighted by Crippen LogP contribution is -2.54. The van der Waals surface area contributed by atoms with E-state index >= 15 is 0 Å². The zero-order valence-corrected chi connectivity index (χ0v) is 12.4. The molecule has 1 atom stereocenters. The Morgan fingerprint density at radius 3 is 2.94 bits per heavy atom. The molecule has 2 rings (SSSR count). The van der Waals surface area contributed by atoms with Gasteiger partial charge >= 0.3 is 0 Å². The molecule has 0 bridgehead atoms. The average molecular weight is 285 g/mol. The summed E-state index contributed by atoms with van der Waals surface area (Å²) >= 11 is 3.34. The monoisotopic (exact) mass is 285 g/mol. The van der Waals surface area contributed by atoms with Gasteiger partial charge in [-0.1, -0.05) is 11.8 Å². The zero-order chi connectivity index (χ0) is 13.2. The summed E-state index contributed by atoms with van der Waals surface area (Å²) in [6.07, 6.45) is 3.05. The third kappa shape index (κ3) is 3.70. The van der Waals surface area contributed by atoms with Gasteiger partial charge in [-0.15, -0.1) is 11.3 Å². The number of thioether (sulfide) groups is 1. The largest absolute Gasteiger partial charge is 0.368 e. The second kappa shape index (κ2) is 5.59. The van der Waals surface area contributed by atoms with E-state index in [-0.39, 0.29) is 5.91 Å². The molecule has 4 nitrogen and oxygen atoms in total. The Bertz CT molecular complexity index is 431. The number of nitrogens with two attached hydrogens (primary N) is 1. The van der Waals surface area contributed by atoms with Crippen molar-refractivity contribution >= 4 is 29.0 Å². The van der Waals surface area contributed by atoms with Crippen LogP contribution in [0.5, 0.6) is 0 Å². The van der Waals surface area contributed by atoms with Crippen LogP contribution in [0.25, 0.3) is 0 Å². The number of rotatable bonds is 7. The molecular formula is C12H19N3OS2. The van der Waals surface area contributed by atoms with E-state index in [1.165, 1.54) is 0 Å². The Labute approximate surface area is 116 Å². The van der Waals surface area contributed by atoms with Crippen LogP contribution in [0.3, 0.4) is 0 Å². The van der Waals surface area contributed by atoms with Crippen molar-refractivity contribution in [2.45, 2.75) is 49.0 Å². The lowest BCUT2D eigenvalue weighted by Gasteiger charge is -2.27. The van der Waals surface area contributed by atoms with Gasteiger partial charge in [0.15, 0.2) is 0 Å². The molecule has 1 aromatic rings. The van der Waals surface area contributed by atoms with Crippen LogP contribution in [0.15, 0.2) is 9.72 Å². The fourth-order valence-electron chi connectivity index (χ4n) is 1.69. The van der Waals surface area contributed by atoms with Gasteiger partial charge in [-0.2, -0.15) is 0 Å². The number of thiazole rings is 1. The van der Waals surface area contributed by atoms with E-state index in [9.17, 15) is 4.79 Å². The van der Waals surface area contributed by atoms with Gasteiger partial charge in [0.1, 0.15) is 4.34 Å². The molecule has 0 aliphatic heterocycles. The Morgan fingerprint density at radius 2 is 2.44 bits per heavy atom. The highest BCUT2D eigenvalue weighted by molar-refractivity contribution is 8.01. The number of carbonyl (C=O) groups excluding carboxylic acids is 1. The van der Waals surface area contributed by atoms with Crippen LogP contribution < -0.4 is 11.1 Å². The third-order valence-corrected chi connectivity index (χ3v) is 5.21. The summed E-state index contributed by atoms with van der Waals surface area (Å²) in [5, 5.41) is 5.39. The number of carbonyl (C=O) groups is 1. The maximum atomic E-state index is 11.6. The molecule has 3 N–H and O–H groups in total. The molecule has 6 heteroatoms. The van der Waals surface area contributed by atoms with Crippen molar-refractivity contribution in [2.24, 2.45) is 5.73 Å². The zero-order valence-electron chi connectivity index (χ0n) is 10.7. The summed E-state index contributed by atoms with van der Waals surface area (Å²) < 4.78 is 1.06. The minimum atomic E-state index is -0.583. The van der Waals surface area contributed by atoms with Crippen LogP contribution in [0.4, 0.5) is 0 Å². The molecule has 0 aromatic carbocycles. The van der Waals surface area contributed by atoms with Crippen LogP contribution in [0.1, 0.15) is 31.9 Å². The molecular weight excluding hydrogens is 266 g/mol. The molecule has 0 spiro atoms. The highest BCUT2D eigenvalue weighted by Gasteiger charge is 2.36. The normalized spacial score (nSPS) is 18.6. The molecule has 0 saturated heterocycles. The lowest BCUT2D eigenvalue weighted by molar-refractivity contribution is -0.124. The Morgan fingerprint density at radius 1 is 1.72 bits per heavy atom. The molecule has 1 aliphatic rings. The summed E-state index contributed by atoms with van der Waals surface area (Å²) in [6.45, 7) is 3.89. The fourth-order valence-corrected chi connectivity index (χ4v) is 3.77.